The number of hydrogen-bond donors (Lipinski definition) is 2. The fourth-order valence-electron chi connectivity index (χ4n) is 1.08. The van der Waals surface area contributed by atoms with Gasteiger partial charge in [-0.1, -0.05) is 0 Å². The Bertz CT molecular complexity index is 600. The van der Waals surface area contributed by atoms with Crippen molar-refractivity contribution in [1.29, 1.82) is 0 Å². The van der Waals surface area contributed by atoms with E-state index in [1.165, 1.54) is 6.92 Å². The highest BCUT2D eigenvalue weighted by molar-refractivity contribution is 7.85. The topological polar surface area (TPSA) is 118 Å². The average Bonchev–Trinajstić information content (AvgIpc) is 1.97. The van der Waals surface area contributed by atoms with Crippen molar-refractivity contribution in [2.45, 2.75) is 11.8 Å². The molecule has 0 saturated heterocycles. The highest BCUT2D eigenvalue weighted by Gasteiger charge is 2.15. The SMILES string of the molecule is Cc1cc(OS(=O)(=O)O)ccc1S(=O)(=O)O. The van der Waals surface area contributed by atoms with E-state index in [9.17, 15) is 16.8 Å². The van der Waals surface area contributed by atoms with Gasteiger partial charge in [-0.15, -0.1) is 0 Å². The Morgan fingerprint density at radius 2 is 1.69 bits per heavy atom. The summed E-state index contributed by atoms with van der Waals surface area (Å²) in [6.45, 7) is 1.33. The predicted octanol–water partition coefficient (Wildman–Crippen LogP) is 0.423. The zero-order valence-electron chi connectivity index (χ0n) is 7.98. The minimum absolute atomic E-state index is 0.0867. The van der Waals surface area contributed by atoms with Crippen LogP contribution in [0, 0.1) is 6.92 Å². The molecule has 0 unspecified atom stereocenters. The Hall–Kier alpha value is -1.16. The van der Waals surface area contributed by atoms with E-state index in [0.717, 1.165) is 18.2 Å². The van der Waals surface area contributed by atoms with E-state index >= 15 is 0 Å². The van der Waals surface area contributed by atoms with Crippen molar-refractivity contribution in [3.05, 3.63) is 23.8 Å². The Kier molecular flexibility index (Phi) is 3.24. The van der Waals surface area contributed by atoms with Gasteiger partial charge in [-0.25, -0.2) is 0 Å². The summed E-state index contributed by atoms with van der Waals surface area (Å²) in [5, 5.41) is 0. The van der Waals surface area contributed by atoms with Crippen molar-refractivity contribution < 1.29 is 30.1 Å². The maximum Gasteiger partial charge on any atom is 0.446 e. The molecule has 0 amide bonds. The van der Waals surface area contributed by atoms with Crippen LogP contribution in [0.3, 0.4) is 0 Å². The highest BCUT2D eigenvalue weighted by Crippen LogP contribution is 2.21. The standard InChI is InChI=1S/C7H8O7S2/c1-5-4-6(14-16(11,12)13)2-3-7(5)15(8,9)10/h2-4H,1H3,(H,8,9,10)(H,11,12,13). The minimum Gasteiger partial charge on any atom is -0.362 e. The highest BCUT2D eigenvalue weighted by atomic mass is 32.3. The van der Waals surface area contributed by atoms with Crippen LogP contribution >= 0.6 is 0 Å². The van der Waals surface area contributed by atoms with E-state index in [4.69, 9.17) is 9.11 Å². The van der Waals surface area contributed by atoms with Crippen molar-refractivity contribution in [3.63, 3.8) is 0 Å². The molecule has 0 aliphatic heterocycles. The molecule has 0 fully saturated rings. The fourth-order valence-corrected chi connectivity index (χ4v) is 2.14. The first kappa shape index (κ1) is 12.9. The molecule has 1 aromatic rings. The molecule has 1 rings (SSSR count). The van der Waals surface area contributed by atoms with E-state index in [1.54, 1.807) is 0 Å². The molecule has 0 radical (unpaired) electrons. The lowest BCUT2D eigenvalue weighted by atomic mass is 10.2. The van der Waals surface area contributed by atoms with Crippen LogP contribution in [-0.2, 0) is 20.5 Å². The van der Waals surface area contributed by atoms with Crippen LogP contribution in [0.2, 0.25) is 0 Å². The van der Waals surface area contributed by atoms with E-state index in [-0.39, 0.29) is 16.2 Å². The van der Waals surface area contributed by atoms with Gasteiger partial charge in [0, 0.05) is 0 Å². The van der Waals surface area contributed by atoms with Crippen LogP contribution in [0.25, 0.3) is 0 Å². The molecule has 0 spiro atoms. The first-order valence-corrected chi connectivity index (χ1v) is 6.65. The Morgan fingerprint density at radius 3 is 2.06 bits per heavy atom. The quantitative estimate of drug-likeness (QED) is 0.763. The third kappa shape index (κ3) is 3.45. The molecule has 9 heteroatoms. The van der Waals surface area contributed by atoms with E-state index in [1.807, 2.05) is 0 Å². The summed E-state index contributed by atoms with van der Waals surface area (Å²) in [6.07, 6.45) is 0. The smallest absolute Gasteiger partial charge is 0.362 e. The molecular weight excluding hydrogens is 260 g/mol. The molecule has 0 aliphatic carbocycles. The molecular formula is C7H8O7S2. The van der Waals surface area contributed by atoms with Gasteiger partial charge in [-0.2, -0.15) is 16.8 Å². The second kappa shape index (κ2) is 4.01. The van der Waals surface area contributed by atoms with Gasteiger partial charge in [0.2, 0.25) is 0 Å². The molecule has 0 saturated carbocycles. The van der Waals surface area contributed by atoms with Gasteiger partial charge in [0.05, 0.1) is 4.90 Å². The summed E-state index contributed by atoms with van der Waals surface area (Å²) in [5.41, 5.74) is 0.0867. The zero-order chi connectivity index (χ0) is 12.6. The normalized spacial score (nSPS) is 12.4. The molecule has 2 N–H and O–H groups in total. The second-order valence-corrected chi connectivity index (χ2v) is 5.33. The van der Waals surface area contributed by atoms with Gasteiger partial charge in [0.15, 0.2) is 0 Å². The van der Waals surface area contributed by atoms with Crippen LogP contribution in [0.5, 0.6) is 5.75 Å². The largest absolute Gasteiger partial charge is 0.446 e. The lowest BCUT2D eigenvalue weighted by Gasteiger charge is -2.05. The van der Waals surface area contributed by atoms with Crippen LogP contribution in [0.15, 0.2) is 23.1 Å². The van der Waals surface area contributed by atoms with Gasteiger partial charge in [-0.3, -0.25) is 9.11 Å². The third-order valence-electron chi connectivity index (χ3n) is 1.63. The van der Waals surface area contributed by atoms with Crippen molar-refractivity contribution in [1.82, 2.24) is 0 Å². The Morgan fingerprint density at radius 1 is 1.12 bits per heavy atom. The predicted molar refractivity (Wildman–Crippen MR) is 53.2 cm³/mol. The minimum atomic E-state index is -4.65. The lowest BCUT2D eigenvalue weighted by molar-refractivity contribution is 0.386. The summed E-state index contributed by atoms with van der Waals surface area (Å²) < 4.78 is 63.5. The molecule has 0 atom stereocenters. The monoisotopic (exact) mass is 268 g/mol. The van der Waals surface area contributed by atoms with Crippen molar-refractivity contribution in [2.75, 3.05) is 0 Å². The van der Waals surface area contributed by atoms with Crippen molar-refractivity contribution in [3.8, 4) is 5.75 Å². The fraction of sp³-hybridized carbons (Fsp3) is 0.143. The maximum atomic E-state index is 10.8. The van der Waals surface area contributed by atoms with Gasteiger partial charge < -0.3 is 4.18 Å². The van der Waals surface area contributed by atoms with Crippen molar-refractivity contribution >= 4 is 20.5 Å². The number of hydrogen-bond acceptors (Lipinski definition) is 5. The zero-order valence-corrected chi connectivity index (χ0v) is 9.62. The molecule has 0 heterocycles. The maximum absolute atomic E-state index is 10.8. The molecule has 16 heavy (non-hydrogen) atoms. The molecule has 7 nitrogen and oxygen atoms in total. The summed E-state index contributed by atoms with van der Waals surface area (Å²) in [7, 11) is -9.02. The molecule has 90 valence electrons. The van der Waals surface area contributed by atoms with Gasteiger partial charge in [0.1, 0.15) is 5.75 Å². The Labute approximate surface area is 92.4 Å². The van der Waals surface area contributed by atoms with E-state index in [2.05, 4.69) is 4.18 Å². The van der Waals surface area contributed by atoms with Crippen molar-refractivity contribution in [2.24, 2.45) is 0 Å². The van der Waals surface area contributed by atoms with Crippen LogP contribution < -0.4 is 4.18 Å². The first-order chi connectivity index (χ1) is 7.09. The number of aryl methyl sites for hydroxylation is 1. The van der Waals surface area contributed by atoms with Gasteiger partial charge >= 0.3 is 10.4 Å². The molecule has 0 bridgehead atoms. The molecule has 0 aliphatic rings. The average molecular weight is 268 g/mol. The van der Waals surface area contributed by atoms with Gasteiger partial charge in [-0.05, 0) is 30.7 Å². The van der Waals surface area contributed by atoms with Crippen LogP contribution in [0.1, 0.15) is 5.56 Å². The number of rotatable bonds is 3. The van der Waals surface area contributed by atoms with Crippen LogP contribution in [-0.4, -0.2) is 25.9 Å². The molecule has 1 aromatic carbocycles. The Balaban J connectivity index is 3.20. The lowest BCUT2D eigenvalue weighted by Crippen LogP contribution is -2.07. The van der Waals surface area contributed by atoms with Gasteiger partial charge in [0.25, 0.3) is 10.1 Å². The van der Waals surface area contributed by atoms with Crippen LogP contribution in [0.4, 0.5) is 0 Å². The van der Waals surface area contributed by atoms with E-state index in [0.29, 0.717) is 0 Å². The summed E-state index contributed by atoms with van der Waals surface area (Å²) >= 11 is 0. The number of benzene rings is 1. The summed E-state index contributed by atoms with van der Waals surface area (Å²) in [4.78, 5) is -0.366. The second-order valence-electron chi connectivity index (χ2n) is 2.91. The summed E-state index contributed by atoms with van der Waals surface area (Å²) in [5.74, 6) is -0.257. The molecule has 0 aromatic heterocycles. The first-order valence-electron chi connectivity index (χ1n) is 3.84. The van der Waals surface area contributed by atoms with E-state index < -0.39 is 20.5 Å². The third-order valence-corrected chi connectivity index (χ3v) is 3.04. The summed E-state index contributed by atoms with van der Waals surface area (Å²) in [6, 6.07) is 3.01.